The van der Waals surface area contributed by atoms with Gasteiger partial charge in [0.2, 0.25) is 11.8 Å². The Bertz CT molecular complexity index is 650. The van der Waals surface area contributed by atoms with Gasteiger partial charge in [0.25, 0.3) is 0 Å². The molecule has 20 heavy (non-hydrogen) atoms. The Morgan fingerprint density at radius 2 is 1.65 bits per heavy atom. The molecule has 0 radical (unpaired) electrons. The van der Waals surface area contributed by atoms with E-state index in [0.29, 0.717) is 26.0 Å². The minimum Gasteiger partial charge on any atom is -0.492 e. The van der Waals surface area contributed by atoms with Crippen LogP contribution in [0.5, 0.6) is 5.75 Å². The molecule has 0 spiro atoms. The lowest BCUT2D eigenvalue weighted by Crippen LogP contribution is -2.33. The standard InChI is InChI=1S/C16H15NO3/c18-15-7-8-16(19)17(15)9-10-20-14-6-5-12-3-1-2-4-13(12)11-14/h1-6,11H,7-10H2. The molecule has 3 rings (SSSR count). The van der Waals surface area contributed by atoms with Crippen molar-refractivity contribution in [2.24, 2.45) is 0 Å². The first-order valence-electron chi connectivity index (χ1n) is 6.69. The Hall–Kier alpha value is -2.36. The van der Waals surface area contributed by atoms with E-state index in [2.05, 4.69) is 0 Å². The van der Waals surface area contributed by atoms with Crippen molar-refractivity contribution in [3.05, 3.63) is 42.5 Å². The highest BCUT2D eigenvalue weighted by molar-refractivity contribution is 6.01. The van der Waals surface area contributed by atoms with E-state index in [0.717, 1.165) is 16.5 Å². The zero-order valence-corrected chi connectivity index (χ0v) is 11.0. The fourth-order valence-corrected chi connectivity index (χ4v) is 2.38. The number of hydrogen-bond donors (Lipinski definition) is 0. The minimum absolute atomic E-state index is 0.0999. The summed E-state index contributed by atoms with van der Waals surface area (Å²) in [5, 5.41) is 2.27. The predicted molar refractivity (Wildman–Crippen MR) is 75.4 cm³/mol. The maximum atomic E-state index is 11.5. The maximum absolute atomic E-state index is 11.5. The van der Waals surface area contributed by atoms with Gasteiger partial charge in [0.1, 0.15) is 12.4 Å². The molecule has 1 aliphatic heterocycles. The molecule has 2 amide bonds. The Kier molecular flexibility index (Phi) is 3.37. The normalized spacial score (nSPS) is 15.1. The van der Waals surface area contributed by atoms with E-state index in [-0.39, 0.29) is 11.8 Å². The first-order chi connectivity index (χ1) is 9.74. The lowest BCUT2D eigenvalue weighted by atomic mass is 10.1. The van der Waals surface area contributed by atoms with Crippen molar-refractivity contribution in [3.8, 4) is 5.75 Å². The third-order valence-electron chi connectivity index (χ3n) is 3.46. The van der Waals surface area contributed by atoms with Crippen LogP contribution in [-0.4, -0.2) is 29.9 Å². The van der Waals surface area contributed by atoms with Crippen LogP contribution in [0, 0.1) is 0 Å². The lowest BCUT2D eigenvalue weighted by Gasteiger charge is -2.14. The van der Waals surface area contributed by atoms with Crippen molar-refractivity contribution in [2.75, 3.05) is 13.2 Å². The van der Waals surface area contributed by atoms with E-state index in [9.17, 15) is 9.59 Å². The number of carbonyl (C=O) groups excluding carboxylic acids is 2. The summed E-state index contributed by atoms with van der Waals surface area (Å²) >= 11 is 0. The Morgan fingerprint density at radius 1 is 0.950 bits per heavy atom. The van der Waals surface area contributed by atoms with Gasteiger partial charge in [-0.15, -0.1) is 0 Å². The number of imide groups is 1. The first kappa shape index (κ1) is 12.7. The number of likely N-dealkylation sites (tertiary alicyclic amines) is 1. The summed E-state index contributed by atoms with van der Waals surface area (Å²) in [6.45, 7) is 0.653. The molecular formula is C16H15NO3. The molecular weight excluding hydrogens is 254 g/mol. The molecule has 1 aliphatic rings. The number of benzene rings is 2. The van der Waals surface area contributed by atoms with Crippen molar-refractivity contribution in [1.82, 2.24) is 4.90 Å². The average molecular weight is 269 g/mol. The number of fused-ring (bicyclic) bond motifs is 1. The Labute approximate surface area is 116 Å². The van der Waals surface area contributed by atoms with E-state index in [1.54, 1.807) is 0 Å². The molecule has 0 aliphatic carbocycles. The van der Waals surface area contributed by atoms with Crippen LogP contribution in [0.4, 0.5) is 0 Å². The third kappa shape index (κ3) is 2.50. The van der Waals surface area contributed by atoms with Crippen molar-refractivity contribution < 1.29 is 14.3 Å². The van der Waals surface area contributed by atoms with Gasteiger partial charge in [-0.25, -0.2) is 0 Å². The molecule has 0 atom stereocenters. The molecule has 1 fully saturated rings. The first-order valence-corrected chi connectivity index (χ1v) is 6.69. The zero-order valence-electron chi connectivity index (χ0n) is 11.0. The number of carbonyl (C=O) groups is 2. The summed E-state index contributed by atoms with van der Waals surface area (Å²) in [6, 6.07) is 13.9. The molecule has 4 nitrogen and oxygen atoms in total. The highest BCUT2D eigenvalue weighted by Crippen LogP contribution is 2.20. The van der Waals surface area contributed by atoms with Gasteiger partial charge in [-0.2, -0.15) is 0 Å². The molecule has 0 unspecified atom stereocenters. The number of hydrogen-bond acceptors (Lipinski definition) is 3. The number of rotatable bonds is 4. The summed E-state index contributed by atoms with van der Waals surface area (Å²) in [7, 11) is 0. The van der Waals surface area contributed by atoms with Crippen molar-refractivity contribution >= 4 is 22.6 Å². The van der Waals surface area contributed by atoms with Crippen molar-refractivity contribution in [2.45, 2.75) is 12.8 Å². The van der Waals surface area contributed by atoms with E-state index in [4.69, 9.17) is 4.74 Å². The van der Waals surface area contributed by atoms with E-state index >= 15 is 0 Å². The van der Waals surface area contributed by atoms with Gasteiger partial charge < -0.3 is 4.74 Å². The summed E-state index contributed by atoms with van der Waals surface area (Å²) in [5.41, 5.74) is 0. The number of ether oxygens (including phenoxy) is 1. The van der Waals surface area contributed by atoms with Gasteiger partial charge in [0.05, 0.1) is 6.54 Å². The monoisotopic (exact) mass is 269 g/mol. The third-order valence-corrected chi connectivity index (χ3v) is 3.46. The van der Waals surface area contributed by atoms with Crippen LogP contribution in [0.1, 0.15) is 12.8 Å². The molecule has 0 saturated carbocycles. The van der Waals surface area contributed by atoms with Gasteiger partial charge in [-0.05, 0) is 22.9 Å². The van der Waals surface area contributed by atoms with Crippen molar-refractivity contribution in [3.63, 3.8) is 0 Å². The summed E-state index contributed by atoms with van der Waals surface area (Å²) in [6.07, 6.45) is 0.656. The highest BCUT2D eigenvalue weighted by atomic mass is 16.5. The van der Waals surface area contributed by atoms with Crippen LogP contribution in [0.25, 0.3) is 10.8 Å². The average Bonchev–Trinajstić information content (AvgIpc) is 2.79. The smallest absolute Gasteiger partial charge is 0.229 e. The molecule has 2 aromatic carbocycles. The second-order valence-electron chi connectivity index (χ2n) is 4.80. The molecule has 0 aromatic heterocycles. The topological polar surface area (TPSA) is 46.6 Å². The fraction of sp³-hybridized carbons (Fsp3) is 0.250. The number of amides is 2. The molecule has 2 aromatic rings. The van der Waals surface area contributed by atoms with Gasteiger partial charge in [0.15, 0.2) is 0 Å². The van der Waals surface area contributed by atoms with Crippen molar-refractivity contribution in [1.29, 1.82) is 0 Å². The van der Waals surface area contributed by atoms with Crippen LogP contribution in [0.2, 0.25) is 0 Å². The van der Waals surface area contributed by atoms with E-state index in [1.165, 1.54) is 4.90 Å². The van der Waals surface area contributed by atoms with Crippen LogP contribution in [-0.2, 0) is 9.59 Å². The van der Waals surface area contributed by atoms with Gasteiger partial charge in [0, 0.05) is 12.8 Å². The molecule has 0 N–H and O–H groups in total. The van der Waals surface area contributed by atoms with Gasteiger partial charge in [-0.3, -0.25) is 14.5 Å². The Morgan fingerprint density at radius 3 is 2.40 bits per heavy atom. The second kappa shape index (κ2) is 5.33. The molecule has 102 valence electrons. The number of nitrogens with zero attached hydrogens (tertiary/aromatic N) is 1. The lowest BCUT2D eigenvalue weighted by molar-refractivity contribution is -0.138. The van der Waals surface area contributed by atoms with Crippen LogP contribution in [0.3, 0.4) is 0 Å². The maximum Gasteiger partial charge on any atom is 0.229 e. The van der Waals surface area contributed by atoms with Crippen LogP contribution >= 0.6 is 0 Å². The van der Waals surface area contributed by atoms with Crippen LogP contribution in [0.15, 0.2) is 42.5 Å². The molecule has 1 saturated heterocycles. The SMILES string of the molecule is O=C1CCC(=O)N1CCOc1ccc2ccccc2c1. The van der Waals surface area contributed by atoms with Gasteiger partial charge in [-0.1, -0.05) is 30.3 Å². The van der Waals surface area contributed by atoms with Crippen LogP contribution < -0.4 is 4.74 Å². The summed E-state index contributed by atoms with van der Waals surface area (Å²) in [5.74, 6) is 0.553. The molecule has 0 bridgehead atoms. The van der Waals surface area contributed by atoms with E-state index < -0.39 is 0 Å². The Balaban J connectivity index is 1.62. The highest BCUT2D eigenvalue weighted by Gasteiger charge is 2.28. The fourth-order valence-electron chi connectivity index (χ4n) is 2.38. The molecule has 4 heteroatoms. The van der Waals surface area contributed by atoms with E-state index in [1.807, 2.05) is 42.5 Å². The predicted octanol–water partition coefficient (Wildman–Crippen LogP) is 2.37. The minimum atomic E-state index is -0.0999. The second-order valence-corrected chi connectivity index (χ2v) is 4.80. The van der Waals surface area contributed by atoms with Gasteiger partial charge >= 0.3 is 0 Å². The summed E-state index contributed by atoms with van der Waals surface area (Å²) in [4.78, 5) is 24.2. The zero-order chi connectivity index (χ0) is 13.9. The largest absolute Gasteiger partial charge is 0.492 e. The summed E-state index contributed by atoms with van der Waals surface area (Å²) < 4.78 is 5.63. The molecule has 1 heterocycles. The quantitative estimate of drug-likeness (QED) is 0.800.